The van der Waals surface area contributed by atoms with Crippen LogP contribution in [0.15, 0.2) is 18.2 Å². The number of hydrogen-bond donors (Lipinski definition) is 2. The average molecular weight is 333 g/mol. The minimum Gasteiger partial charge on any atom is -0.352 e. The second-order valence-corrected chi connectivity index (χ2v) is 5.71. The number of carbonyl (C=O) groups excluding carboxylic acids is 1. The Morgan fingerprint density at radius 1 is 1.41 bits per heavy atom. The summed E-state index contributed by atoms with van der Waals surface area (Å²) in [5.41, 5.74) is 6.35. The molecule has 0 aliphatic heterocycles. The molecule has 1 aromatic carbocycles. The van der Waals surface area contributed by atoms with Crippen molar-refractivity contribution in [3.05, 3.63) is 35.4 Å². The lowest BCUT2D eigenvalue weighted by Gasteiger charge is -2.16. The summed E-state index contributed by atoms with van der Waals surface area (Å²) in [5.74, 6) is -1.91. The maximum atomic E-state index is 13.2. The quantitative estimate of drug-likeness (QED) is 0.806. The maximum absolute atomic E-state index is 13.2. The van der Waals surface area contributed by atoms with E-state index in [9.17, 15) is 13.6 Å². The Kier molecular flexibility index (Phi) is 7.23. The highest BCUT2D eigenvalue weighted by Crippen LogP contribution is 2.47. The van der Waals surface area contributed by atoms with Crippen molar-refractivity contribution in [3.8, 4) is 0 Å². The fraction of sp³-hybridized carbons (Fsp3) is 0.562. The Balaban J connectivity index is 0.00000242. The number of rotatable bonds is 7. The van der Waals surface area contributed by atoms with Gasteiger partial charge in [0.15, 0.2) is 11.6 Å². The molecule has 1 amide bonds. The number of benzene rings is 1. The molecular weight excluding hydrogens is 310 g/mol. The van der Waals surface area contributed by atoms with E-state index in [1.807, 2.05) is 0 Å². The van der Waals surface area contributed by atoms with Gasteiger partial charge in [0.05, 0.1) is 0 Å². The number of halogens is 3. The molecule has 6 heteroatoms. The molecule has 1 saturated carbocycles. The van der Waals surface area contributed by atoms with Crippen molar-refractivity contribution in [1.29, 1.82) is 0 Å². The predicted molar refractivity (Wildman–Crippen MR) is 85.0 cm³/mol. The Morgan fingerprint density at radius 2 is 2.14 bits per heavy atom. The third-order valence-corrected chi connectivity index (χ3v) is 4.04. The lowest BCUT2D eigenvalue weighted by atomic mass is 10.1. The number of carbonyl (C=O) groups is 1. The minimum atomic E-state index is -0.860. The summed E-state index contributed by atoms with van der Waals surface area (Å²) in [5, 5.41) is 2.96. The smallest absolute Gasteiger partial charge is 0.224 e. The summed E-state index contributed by atoms with van der Waals surface area (Å²) >= 11 is 0. The first-order valence-electron chi connectivity index (χ1n) is 7.52. The van der Waals surface area contributed by atoms with E-state index in [4.69, 9.17) is 5.73 Å². The van der Waals surface area contributed by atoms with Crippen LogP contribution in [0.5, 0.6) is 0 Å². The molecule has 1 aliphatic rings. The summed E-state index contributed by atoms with van der Waals surface area (Å²) in [6.45, 7) is 2.52. The fourth-order valence-corrected chi connectivity index (χ4v) is 2.60. The monoisotopic (exact) mass is 332 g/mol. The van der Waals surface area contributed by atoms with Crippen LogP contribution < -0.4 is 11.1 Å². The van der Waals surface area contributed by atoms with E-state index < -0.39 is 11.6 Å². The van der Waals surface area contributed by atoms with Gasteiger partial charge in [-0.15, -0.1) is 12.4 Å². The van der Waals surface area contributed by atoms with Crippen molar-refractivity contribution in [1.82, 2.24) is 5.32 Å². The SMILES string of the molecule is CCCCC(CN)NC(=O)C1CC1c1ccc(F)c(F)c1.Cl. The van der Waals surface area contributed by atoms with E-state index in [2.05, 4.69) is 12.2 Å². The van der Waals surface area contributed by atoms with Crippen LogP contribution in [-0.4, -0.2) is 18.5 Å². The standard InChI is InChI=1S/C16H22F2N2O.ClH/c1-2-3-4-11(9-19)20-16(21)13-8-12(13)10-5-6-14(17)15(18)7-10;/h5-7,11-13H,2-4,8-9,19H2,1H3,(H,20,21);1H. The molecule has 1 aromatic rings. The van der Waals surface area contributed by atoms with E-state index >= 15 is 0 Å². The van der Waals surface area contributed by atoms with Gasteiger partial charge in [-0.1, -0.05) is 25.8 Å². The first-order valence-corrected chi connectivity index (χ1v) is 7.52. The zero-order chi connectivity index (χ0) is 15.4. The van der Waals surface area contributed by atoms with E-state index in [1.54, 1.807) is 6.07 Å². The highest BCUT2D eigenvalue weighted by molar-refractivity contribution is 5.85. The zero-order valence-corrected chi connectivity index (χ0v) is 13.5. The molecule has 3 atom stereocenters. The molecule has 0 heterocycles. The van der Waals surface area contributed by atoms with Crippen molar-refractivity contribution < 1.29 is 13.6 Å². The predicted octanol–water partition coefficient (Wildman–Crippen LogP) is 3.12. The molecule has 3 unspecified atom stereocenters. The van der Waals surface area contributed by atoms with Gasteiger partial charge < -0.3 is 11.1 Å². The molecule has 3 nitrogen and oxygen atoms in total. The third-order valence-electron chi connectivity index (χ3n) is 4.04. The van der Waals surface area contributed by atoms with Crippen LogP contribution in [0.1, 0.15) is 44.1 Å². The van der Waals surface area contributed by atoms with E-state index in [1.165, 1.54) is 6.07 Å². The Hall–Kier alpha value is -1.20. The second kappa shape index (κ2) is 8.44. The number of nitrogens with one attached hydrogen (secondary N) is 1. The molecule has 1 fully saturated rings. The van der Waals surface area contributed by atoms with Gasteiger partial charge in [0.1, 0.15) is 0 Å². The van der Waals surface area contributed by atoms with Gasteiger partial charge in [-0.3, -0.25) is 4.79 Å². The number of nitrogens with two attached hydrogens (primary N) is 1. The molecule has 3 N–H and O–H groups in total. The average Bonchev–Trinajstić information content (AvgIpc) is 3.26. The number of unbranched alkanes of at least 4 members (excludes halogenated alkanes) is 1. The summed E-state index contributed by atoms with van der Waals surface area (Å²) in [7, 11) is 0. The number of hydrogen-bond acceptors (Lipinski definition) is 2. The van der Waals surface area contributed by atoms with Gasteiger partial charge in [-0.2, -0.15) is 0 Å². The highest BCUT2D eigenvalue weighted by Gasteiger charge is 2.44. The summed E-state index contributed by atoms with van der Waals surface area (Å²) in [4.78, 5) is 12.1. The third kappa shape index (κ3) is 4.65. The van der Waals surface area contributed by atoms with Crippen molar-refractivity contribution >= 4 is 18.3 Å². The molecule has 0 spiro atoms. The molecule has 1 aliphatic carbocycles. The van der Waals surface area contributed by atoms with Gasteiger partial charge in [-0.05, 0) is 36.5 Å². The second-order valence-electron chi connectivity index (χ2n) is 5.71. The molecule has 0 bridgehead atoms. The highest BCUT2D eigenvalue weighted by atomic mass is 35.5. The summed E-state index contributed by atoms with van der Waals surface area (Å²) in [6.07, 6.45) is 3.65. The Labute approximate surface area is 136 Å². The van der Waals surface area contributed by atoms with Gasteiger partial charge in [0, 0.05) is 18.5 Å². The van der Waals surface area contributed by atoms with Crippen LogP contribution >= 0.6 is 12.4 Å². The van der Waals surface area contributed by atoms with E-state index in [0.717, 1.165) is 25.3 Å². The Morgan fingerprint density at radius 3 is 2.73 bits per heavy atom. The molecule has 2 rings (SSSR count). The topological polar surface area (TPSA) is 55.1 Å². The first kappa shape index (κ1) is 18.8. The van der Waals surface area contributed by atoms with Crippen LogP contribution in [0.3, 0.4) is 0 Å². The van der Waals surface area contributed by atoms with Crippen LogP contribution in [-0.2, 0) is 4.79 Å². The largest absolute Gasteiger partial charge is 0.352 e. The van der Waals surface area contributed by atoms with Gasteiger partial charge in [-0.25, -0.2) is 8.78 Å². The fourth-order valence-electron chi connectivity index (χ4n) is 2.60. The Bertz CT molecular complexity index is 513. The van der Waals surface area contributed by atoms with Crippen LogP contribution in [0, 0.1) is 17.6 Å². The van der Waals surface area contributed by atoms with Gasteiger partial charge >= 0.3 is 0 Å². The first-order chi connectivity index (χ1) is 10.1. The molecule has 0 saturated heterocycles. The lowest BCUT2D eigenvalue weighted by Crippen LogP contribution is -2.41. The van der Waals surface area contributed by atoms with Crippen LogP contribution in [0.2, 0.25) is 0 Å². The molecule has 0 aromatic heterocycles. The number of amides is 1. The minimum absolute atomic E-state index is 0. The van der Waals surface area contributed by atoms with Crippen molar-refractivity contribution in [3.63, 3.8) is 0 Å². The molecule has 124 valence electrons. The van der Waals surface area contributed by atoms with Crippen LogP contribution in [0.25, 0.3) is 0 Å². The van der Waals surface area contributed by atoms with Crippen molar-refractivity contribution in [2.45, 2.75) is 44.6 Å². The molecular formula is C16H23ClF2N2O. The van der Waals surface area contributed by atoms with Gasteiger partial charge in [0.25, 0.3) is 0 Å². The molecule has 0 radical (unpaired) electrons. The van der Waals surface area contributed by atoms with Crippen LogP contribution in [0.4, 0.5) is 8.78 Å². The van der Waals surface area contributed by atoms with E-state index in [-0.39, 0.29) is 36.2 Å². The summed E-state index contributed by atoms with van der Waals surface area (Å²) in [6, 6.07) is 3.85. The van der Waals surface area contributed by atoms with Crippen molar-refractivity contribution in [2.75, 3.05) is 6.54 Å². The zero-order valence-electron chi connectivity index (χ0n) is 12.6. The maximum Gasteiger partial charge on any atom is 0.224 e. The lowest BCUT2D eigenvalue weighted by molar-refractivity contribution is -0.123. The van der Waals surface area contributed by atoms with E-state index in [0.29, 0.717) is 18.5 Å². The van der Waals surface area contributed by atoms with Gasteiger partial charge in [0.2, 0.25) is 5.91 Å². The normalized spacial score (nSPS) is 20.9. The summed E-state index contributed by atoms with van der Waals surface area (Å²) < 4.78 is 26.1. The van der Waals surface area contributed by atoms with Crippen molar-refractivity contribution in [2.24, 2.45) is 11.7 Å². The molecule has 22 heavy (non-hydrogen) atoms.